The minimum Gasteiger partial charge on any atom is -0.393 e. The van der Waals surface area contributed by atoms with E-state index in [4.69, 9.17) is 22.7 Å². The van der Waals surface area contributed by atoms with E-state index in [1.54, 1.807) is 17.3 Å². The van der Waals surface area contributed by atoms with Gasteiger partial charge in [-0.15, -0.1) is 0 Å². The highest BCUT2D eigenvalue weighted by Crippen LogP contribution is 2.22. The van der Waals surface area contributed by atoms with E-state index in [0.29, 0.717) is 31.1 Å². The summed E-state index contributed by atoms with van der Waals surface area (Å²) in [4.78, 5) is 18.9. The molecule has 1 aliphatic rings. The Labute approximate surface area is 130 Å². The molecule has 0 saturated carbocycles. The summed E-state index contributed by atoms with van der Waals surface area (Å²) >= 11 is 4.92. The molecule has 6 heteroatoms. The Morgan fingerprint density at radius 2 is 2.43 bits per heavy atom. The fourth-order valence-electron chi connectivity index (χ4n) is 2.42. The van der Waals surface area contributed by atoms with Gasteiger partial charge in [-0.3, -0.25) is 9.78 Å². The Hall–Kier alpha value is -1.53. The maximum absolute atomic E-state index is 12.7. The minimum absolute atomic E-state index is 0.0140. The average molecular weight is 307 g/mol. The molecular formula is C15H21N3O2S. The molecule has 5 nitrogen and oxygen atoms in total. The van der Waals surface area contributed by atoms with Crippen molar-refractivity contribution in [3.8, 4) is 0 Å². The standard InChI is InChI=1S/C15H21N3O2S/c1-11-5-8-20-14(11)15(19)18(7-4-13(16)21)10-12-3-2-6-17-9-12/h2-3,6,9,11,14H,4-5,7-8,10H2,1H3,(H2,16,21). The third-order valence-corrected chi connectivity index (χ3v) is 3.87. The molecule has 0 aliphatic carbocycles. The van der Waals surface area contributed by atoms with Crippen molar-refractivity contribution in [3.63, 3.8) is 0 Å². The van der Waals surface area contributed by atoms with Crippen molar-refractivity contribution < 1.29 is 9.53 Å². The van der Waals surface area contributed by atoms with Crippen LogP contribution in [-0.4, -0.2) is 40.0 Å². The largest absolute Gasteiger partial charge is 0.393 e. The van der Waals surface area contributed by atoms with Crippen molar-refractivity contribution in [2.24, 2.45) is 11.7 Å². The third-order valence-electron chi connectivity index (χ3n) is 3.67. The van der Waals surface area contributed by atoms with E-state index in [0.717, 1.165) is 12.0 Å². The Morgan fingerprint density at radius 1 is 1.62 bits per heavy atom. The average Bonchev–Trinajstić information content (AvgIpc) is 2.90. The molecule has 2 atom stereocenters. The molecule has 1 fully saturated rings. The van der Waals surface area contributed by atoms with Crippen molar-refractivity contribution in [1.82, 2.24) is 9.88 Å². The van der Waals surface area contributed by atoms with Crippen LogP contribution < -0.4 is 5.73 Å². The lowest BCUT2D eigenvalue weighted by Gasteiger charge is -2.26. The monoisotopic (exact) mass is 307 g/mol. The van der Waals surface area contributed by atoms with Crippen LogP contribution in [-0.2, 0) is 16.1 Å². The molecule has 1 aromatic heterocycles. The van der Waals surface area contributed by atoms with Crippen LogP contribution in [0.15, 0.2) is 24.5 Å². The maximum atomic E-state index is 12.7. The van der Waals surface area contributed by atoms with Crippen LogP contribution in [0.25, 0.3) is 0 Å². The first-order chi connectivity index (χ1) is 10.1. The lowest BCUT2D eigenvalue weighted by atomic mass is 10.0. The summed E-state index contributed by atoms with van der Waals surface area (Å²) in [6.45, 7) is 3.70. The van der Waals surface area contributed by atoms with Crippen molar-refractivity contribution >= 4 is 23.1 Å². The summed E-state index contributed by atoms with van der Waals surface area (Å²) < 4.78 is 5.58. The summed E-state index contributed by atoms with van der Waals surface area (Å²) in [5.74, 6) is 0.263. The molecule has 2 rings (SSSR count). The second-order valence-corrected chi connectivity index (χ2v) is 5.92. The molecule has 0 spiro atoms. The van der Waals surface area contributed by atoms with E-state index in [1.165, 1.54) is 0 Å². The van der Waals surface area contributed by atoms with Gasteiger partial charge in [0.25, 0.3) is 5.91 Å². The van der Waals surface area contributed by atoms with E-state index < -0.39 is 0 Å². The Kier molecular flexibility index (Phi) is 5.64. The van der Waals surface area contributed by atoms with Gasteiger partial charge in [0.1, 0.15) is 6.10 Å². The van der Waals surface area contributed by atoms with Gasteiger partial charge < -0.3 is 15.4 Å². The molecule has 1 aromatic rings. The number of ether oxygens (including phenoxy) is 1. The number of carbonyl (C=O) groups is 1. The zero-order chi connectivity index (χ0) is 15.2. The Balaban J connectivity index is 2.07. The molecule has 1 saturated heterocycles. The number of hydrogen-bond acceptors (Lipinski definition) is 4. The molecular weight excluding hydrogens is 286 g/mol. The normalized spacial score (nSPS) is 21.2. The zero-order valence-electron chi connectivity index (χ0n) is 12.2. The molecule has 114 valence electrons. The van der Waals surface area contributed by atoms with E-state index in [9.17, 15) is 4.79 Å². The van der Waals surface area contributed by atoms with Crippen molar-refractivity contribution in [1.29, 1.82) is 0 Å². The highest BCUT2D eigenvalue weighted by atomic mass is 32.1. The maximum Gasteiger partial charge on any atom is 0.252 e. The molecule has 21 heavy (non-hydrogen) atoms. The van der Waals surface area contributed by atoms with E-state index >= 15 is 0 Å². The number of carbonyl (C=O) groups excluding carboxylic acids is 1. The smallest absolute Gasteiger partial charge is 0.252 e. The number of pyridine rings is 1. The summed E-state index contributed by atoms with van der Waals surface area (Å²) in [7, 11) is 0. The van der Waals surface area contributed by atoms with Gasteiger partial charge in [0.2, 0.25) is 0 Å². The Bertz CT molecular complexity index is 495. The molecule has 2 heterocycles. The van der Waals surface area contributed by atoms with Crippen LogP contribution in [0, 0.1) is 5.92 Å². The van der Waals surface area contributed by atoms with Gasteiger partial charge in [0.05, 0.1) is 4.99 Å². The van der Waals surface area contributed by atoms with Crippen LogP contribution >= 0.6 is 12.2 Å². The fourth-order valence-corrected chi connectivity index (χ4v) is 2.51. The first kappa shape index (κ1) is 15.9. The highest BCUT2D eigenvalue weighted by Gasteiger charge is 2.34. The summed E-state index contributed by atoms with van der Waals surface area (Å²) in [5.41, 5.74) is 6.55. The van der Waals surface area contributed by atoms with Gasteiger partial charge in [-0.05, 0) is 24.0 Å². The van der Waals surface area contributed by atoms with Crippen LogP contribution in [0.4, 0.5) is 0 Å². The van der Waals surface area contributed by atoms with Gasteiger partial charge in [-0.25, -0.2) is 0 Å². The number of hydrogen-bond donors (Lipinski definition) is 1. The first-order valence-corrected chi connectivity index (χ1v) is 7.56. The van der Waals surface area contributed by atoms with Gasteiger partial charge in [-0.2, -0.15) is 0 Å². The molecule has 0 aromatic carbocycles. The molecule has 0 radical (unpaired) electrons. The Morgan fingerprint density at radius 3 is 3.00 bits per heavy atom. The highest BCUT2D eigenvalue weighted by molar-refractivity contribution is 7.80. The quantitative estimate of drug-likeness (QED) is 0.807. The number of nitrogens with zero attached hydrogens (tertiary/aromatic N) is 2. The minimum atomic E-state index is -0.354. The van der Waals surface area contributed by atoms with Gasteiger partial charge in [0.15, 0.2) is 0 Å². The topological polar surface area (TPSA) is 68.5 Å². The lowest BCUT2D eigenvalue weighted by Crippen LogP contribution is -2.42. The molecule has 2 N–H and O–H groups in total. The van der Waals surface area contributed by atoms with E-state index in [2.05, 4.69) is 4.98 Å². The summed E-state index contributed by atoms with van der Waals surface area (Å²) in [6.07, 6.45) is 4.56. The number of aromatic nitrogens is 1. The van der Waals surface area contributed by atoms with Crippen molar-refractivity contribution in [3.05, 3.63) is 30.1 Å². The predicted molar refractivity (Wildman–Crippen MR) is 84.6 cm³/mol. The van der Waals surface area contributed by atoms with Gasteiger partial charge in [0, 0.05) is 38.5 Å². The van der Waals surface area contributed by atoms with Crippen LogP contribution in [0.3, 0.4) is 0 Å². The number of nitrogens with two attached hydrogens (primary N) is 1. The fraction of sp³-hybridized carbons (Fsp3) is 0.533. The molecule has 0 bridgehead atoms. The SMILES string of the molecule is CC1CCOC1C(=O)N(CCC(N)=S)Cc1cccnc1. The van der Waals surface area contributed by atoms with Crippen molar-refractivity contribution in [2.75, 3.05) is 13.2 Å². The van der Waals surface area contributed by atoms with Gasteiger partial charge in [-0.1, -0.05) is 25.2 Å². The number of amides is 1. The molecule has 2 unspecified atom stereocenters. The first-order valence-electron chi connectivity index (χ1n) is 7.15. The van der Waals surface area contributed by atoms with Crippen LogP contribution in [0.1, 0.15) is 25.3 Å². The van der Waals surface area contributed by atoms with E-state index in [1.807, 2.05) is 19.1 Å². The predicted octanol–water partition coefficient (Wildman–Crippen LogP) is 1.51. The molecule has 1 amide bonds. The second kappa shape index (κ2) is 7.47. The van der Waals surface area contributed by atoms with Crippen LogP contribution in [0.5, 0.6) is 0 Å². The molecule has 1 aliphatic heterocycles. The number of thiocarbonyl (C=S) groups is 1. The number of rotatable bonds is 6. The summed E-state index contributed by atoms with van der Waals surface area (Å²) in [6, 6.07) is 3.81. The van der Waals surface area contributed by atoms with Gasteiger partial charge >= 0.3 is 0 Å². The van der Waals surface area contributed by atoms with E-state index in [-0.39, 0.29) is 17.9 Å². The summed E-state index contributed by atoms with van der Waals surface area (Å²) in [5, 5.41) is 0. The van der Waals surface area contributed by atoms with Crippen molar-refractivity contribution in [2.45, 2.75) is 32.4 Å². The second-order valence-electron chi connectivity index (χ2n) is 5.39. The van der Waals surface area contributed by atoms with Crippen LogP contribution in [0.2, 0.25) is 0 Å². The third kappa shape index (κ3) is 4.47. The zero-order valence-corrected chi connectivity index (χ0v) is 13.0. The lowest BCUT2D eigenvalue weighted by molar-refractivity contribution is -0.143.